The Balaban J connectivity index is 1.33. The van der Waals surface area contributed by atoms with Gasteiger partial charge in [0, 0.05) is 36.8 Å². The highest BCUT2D eigenvalue weighted by Gasteiger charge is 2.66. The first kappa shape index (κ1) is 22.7. The van der Waals surface area contributed by atoms with Crippen molar-refractivity contribution in [2.75, 3.05) is 18.0 Å². The quantitative estimate of drug-likeness (QED) is 0.511. The van der Waals surface area contributed by atoms with Gasteiger partial charge in [0.1, 0.15) is 23.0 Å². The summed E-state index contributed by atoms with van der Waals surface area (Å²) in [5.41, 5.74) is -0.213. The molecule has 1 saturated carbocycles. The van der Waals surface area contributed by atoms with Crippen LogP contribution in [0.25, 0.3) is 5.69 Å². The fraction of sp³-hybridized carbons (Fsp3) is 0.500. The number of aromatic nitrogens is 5. The van der Waals surface area contributed by atoms with Crippen LogP contribution in [-0.4, -0.2) is 54.4 Å². The molecule has 4 heterocycles. The zero-order valence-corrected chi connectivity index (χ0v) is 20.0. The Morgan fingerprint density at radius 2 is 1.83 bits per heavy atom. The third-order valence-corrected chi connectivity index (χ3v) is 7.77. The number of aryl methyl sites for hydroxylation is 1. The molecule has 11 heteroatoms. The van der Waals surface area contributed by atoms with Crippen LogP contribution in [0.1, 0.15) is 54.6 Å². The molecule has 1 aromatic carbocycles. The molecule has 3 aromatic rings. The number of halogens is 4. The van der Waals surface area contributed by atoms with E-state index in [-0.39, 0.29) is 31.8 Å². The first-order valence-corrected chi connectivity index (χ1v) is 12.2. The van der Waals surface area contributed by atoms with Gasteiger partial charge in [-0.25, -0.2) is 9.97 Å². The van der Waals surface area contributed by atoms with E-state index < -0.39 is 11.7 Å². The van der Waals surface area contributed by atoms with Crippen molar-refractivity contribution < 1.29 is 13.2 Å². The van der Waals surface area contributed by atoms with Crippen LogP contribution in [0.15, 0.2) is 30.5 Å². The molecule has 1 aliphatic carbocycles. The molecule has 2 aromatic heterocycles. The van der Waals surface area contributed by atoms with Gasteiger partial charge in [-0.05, 0) is 62.4 Å². The van der Waals surface area contributed by atoms with Crippen LogP contribution in [0.3, 0.4) is 0 Å². The van der Waals surface area contributed by atoms with E-state index in [0.29, 0.717) is 10.8 Å². The Hall–Kier alpha value is -2.72. The highest BCUT2D eigenvalue weighted by atomic mass is 35.5. The number of piperidine rings is 1. The second-order valence-electron chi connectivity index (χ2n) is 9.69. The van der Waals surface area contributed by atoms with Crippen LogP contribution in [0.4, 0.5) is 19.0 Å². The van der Waals surface area contributed by atoms with Gasteiger partial charge >= 0.3 is 6.18 Å². The molecule has 0 amide bonds. The van der Waals surface area contributed by atoms with E-state index >= 15 is 0 Å². The van der Waals surface area contributed by atoms with Crippen LogP contribution < -0.4 is 4.90 Å². The largest absolute Gasteiger partial charge is 0.406 e. The molecule has 3 aliphatic rings. The van der Waals surface area contributed by atoms with Crippen LogP contribution in [0, 0.1) is 6.92 Å². The van der Waals surface area contributed by atoms with E-state index in [4.69, 9.17) is 11.6 Å². The molecule has 35 heavy (non-hydrogen) atoms. The molecular weight excluding hydrogens is 479 g/mol. The minimum Gasteiger partial charge on any atom is -0.356 e. The Labute approximate surface area is 205 Å². The minimum atomic E-state index is -4.30. The van der Waals surface area contributed by atoms with Crippen molar-refractivity contribution in [2.24, 2.45) is 0 Å². The third-order valence-electron chi connectivity index (χ3n) is 7.53. The van der Waals surface area contributed by atoms with Crippen molar-refractivity contribution in [1.82, 2.24) is 29.6 Å². The highest BCUT2D eigenvalue weighted by Crippen LogP contribution is 2.55. The maximum Gasteiger partial charge on any atom is 0.406 e. The summed E-state index contributed by atoms with van der Waals surface area (Å²) < 4.78 is 44.0. The zero-order chi connectivity index (χ0) is 24.4. The highest BCUT2D eigenvalue weighted by molar-refractivity contribution is 6.30. The second-order valence-corrected chi connectivity index (χ2v) is 10.1. The van der Waals surface area contributed by atoms with Gasteiger partial charge in [-0.15, -0.1) is 10.2 Å². The fourth-order valence-electron chi connectivity index (χ4n) is 5.48. The number of benzene rings is 1. The molecule has 0 N–H and O–H groups in total. The first-order chi connectivity index (χ1) is 16.7. The van der Waals surface area contributed by atoms with Crippen molar-refractivity contribution in [3.8, 4) is 5.69 Å². The van der Waals surface area contributed by atoms with E-state index in [1.165, 1.54) is 4.90 Å². The summed E-state index contributed by atoms with van der Waals surface area (Å²) in [6.45, 7) is 3.75. The van der Waals surface area contributed by atoms with Crippen molar-refractivity contribution in [3.63, 3.8) is 0 Å². The third kappa shape index (κ3) is 3.87. The predicted octanol–water partition coefficient (Wildman–Crippen LogP) is 4.81. The summed E-state index contributed by atoms with van der Waals surface area (Å²) in [6, 6.07) is 7.35. The van der Waals surface area contributed by atoms with Gasteiger partial charge in [-0.1, -0.05) is 11.6 Å². The molecule has 0 bridgehead atoms. The Morgan fingerprint density at radius 1 is 1.06 bits per heavy atom. The topological polar surface area (TPSA) is 63.0 Å². The van der Waals surface area contributed by atoms with E-state index in [0.717, 1.165) is 54.6 Å². The van der Waals surface area contributed by atoms with Gasteiger partial charge in [0.2, 0.25) is 0 Å². The van der Waals surface area contributed by atoms with E-state index in [2.05, 4.69) is 25.1 Å². The number of alkyl halides is 3. The summed E-state index contributed by atoms with van der Waals surface area (Å²) in [7, 11) is 0. The summed E-state index contributed by atoms with van der Waals surface area (Å²) in [5.74, 6) is 3.14. The lowest BCUT2D eigenvalue weighted by Crippen LogP contribution is -2.47. The lowest BCUT2D eigenvalue weighted by molar-refractivity contribution is -0.200. The first-order valence-electron chi connectivity index (χ1n) is 11.8. The Bertz CT molecular complexity index is 1260. The average Bonchev–Trinajstić information content (AvgIpc) is 3.58. The summed E-state index contributed by atoms with van der Waals surface area (Å²) in [6.07, 6.45) is -0.622. The van der Waals surface area contributed by atoms with E-state index in [1.54, 1.807) is 18.3 Å². The standard InChI is InChI=1S/C24H25ClF3N7/c1-15-29-9-4-20(30-15)33-10-5-16(6-11-33)22-32-31-21-14-34(23(7-8-23)24(26,27)28)13-17-12-18(25)2-3-19(17)35(21)22/h2-4,9,12,16H,5-8,10-11,13-14H2,1H3. The summed E-state index contributed by atoms with van der Waals surface area (Å²) in [5, 5.41) is 9.44. The molecule has 0 spiro atoms. The molecule has 1 saturated heterocycles. The molecule has 184 valence electrons. The van der Waals surface area contributed by atoms with Crippen molar-refractivity contribution in [3.05, 3.63) is 58.5 Å². The predicted molar refractivity (Wildman–Crippen MR) is 125 cm³/mol. The normalized spacial score (nSPS) is 20.3. The van der Waals surface area contributed by atoms with Gasteiger partial charge in [-0.2, -0.15) is 13.2 Å². The maximum absolute atomic E-state index is 14.0. The van der Waals surface area contributed by atoms with Gasteiger partial charge in [0.25, 0.3) is 0 Å². The van der Waals surface area contributed by atoms with Crippen LogP contribution >= 0.6 is 11.6 Å². The van der Waals surface area contributed by atoms with Crippen LogP contribution in [-0.2, 0) is 13.1 Å². The van der Waals surface area contributed by atoms with Crippen molar-refractivity contribution in [2.45, 2.75) is 63.3 Å². The molecule has 2 fully saturated rings. The lowest BCUT2D eigenvalue weighted by Gasteiger charge is -2.32. The van der Waals surface area contributed by atoms with Gasteiger partial charge in [0.05, 0.1) is 12.2 Å². The molecule has 2 aliphatic heterocycles. The number of hydrogen-bond donors (Lipinski definition) is 0. The van der Waals surface area contributed by atoms with Crippen LogP contribution in [0.5, 0.6) is 0 Å². The molecule has 6 rings (SSSR count). The van der Waals surface area contributed by atoms with Gasteiger partial charge < -0.3 is 4.90 Å². The Morgan fingerprint density at radius 3 is 2.51 bits per heavy atom. The molecule has 0 atom stereocenters. The fourth-order valence-corrected chi connectivity index (χ4v) is 5.67. The SMILES string of the molecule is Cc1nccc(N2CCC(c3nnc4n3-c3ccc(Cl)cc3CN(C3(C(F)(F)F)CC3)C4)CC2)n1. The number of anilines is 1. The van der Waals surface area contributed by atoms with Gasteiger partial charge in [0.15, 0.2) is 5.82 Å². The lowest BCUT2D eigenvalue weighted by atomic mass is 9.95. The van der Waals surface area contributed by atoms with Crippen molar-refractivity contribution in [1.29, 1.82) is 0 Å². The minimum absolute atomic E-state index is 0.0951. The van der Waals surface area contributed by atoms with Gasteiger partial charge in [-0.3, -0.25) is 9.47 Å². The summed E-state index contributed by atoms with van der Waals surface area (Å²) in [4.78, 5) is 12.5. The summed E-state index contributed by atoms with van der Waals surface area (Å²) >= 11 is 6.28. The number of hydrogen-bond acceptors (Lipinski definition) is 6. The molecular formula is C24H25ClF3N7. The molecule has 7 nitrogen and oxygen atoms in total. The van der Waals surface area contributed by atoms with Crippen LogP contribution in [0.2, 0.25) is 5.02 Å². The second kappa shape index (κ2) is 8.16. The molecule has 0 radical (unpaired) electrons. The maximum atomic E-state index is 14.0. The smallest absolute Gasteiger partial charge is 0.356 e. The number of nitrogens with zero attached hydrogens (tertiary/aromatic N) is 7. The van der Waals surface area contributed by atoms with E-state index in [1.807, 2.05) is 23.6 Å². The number of rotatable bonds is 3. The monoisotopic (exact) mass is 503 g/mol. The average molecular weight is 504 g/mol. The van der Waals surface area contributed by atoms with E-state index in [9.17, 15) is 13.2 Å². The number of fused-ring (bicyclic) bond motifs is 3. The zero-order valence-electron chi connectivity index (χ0n) is 19.3. The Kier molecular flexibility index (Phi) is 5.30. The van der Waals surface area contributed by atoms with Crippen molar-refractivity contribution >= 4 is 17.4 Å². The molecule has 0 unspecified atom stereocenters.